The first-order valence-electron chi connectivity index (χ1n) is 16.4. The lowest BCUT2D eigenvalue weighted by Crippen LogP contribution is -2.62. The zero-order chi connectivity index (χ0) is 33.9. The average Bonchev–Trinajstić information content (AvgIpc) is 3.57. The smallest absolute Gasteiger partial charge is 0.231 e. The number of anilines is 1. The summed E-state index contributed by atoms with van der Waals surface area (Å²) in [4.78, 5) is 0. The van der Waals surface area contributed by atoms with Crippen molar-refractivity contribution in [3.05, 3.63) is 53.1 Å². The standard InChI is InChI=1S/C33H46N2O13/c1-16(9-17-4-7-21-22(10-17)45-15-44-21)35-12-23(19-5-6-20-18(11-19)3-2-8-34-20)46-33-31(42)29(40)27(38)25(48-33)14-43-32-30(41)28(39)26(37)24(13-36)47-32/h4-7,10-11,16,23-42H,2-3,8-9,12-15H2,1H3/t16?,23-,24+,25+,26+,27+,28-,29-,30+,31+,32+,33+/m0/s1. The van der Waals surface area contributed by atoms with Crippen LogP contribution in [-0.4, -0.2) is 136 Å². The molecule has 4 aliphatic rings. The Balaban J connectivity index is 1.14. The van der Waals surface area contributed by atoms with Gasteiger partial charge in [-0.25, -0.2) is 0 Å². The summed E-state index contributed by atoms with van der Waals surface area (Å²) in [6.07, 6.45) is -13.2. The second-order valence-electron chi connectivity index (χ2n) is 12.8. The number of fused-ring (bicyclic) bond motifs is 2. The van der Waals surface area contributed by atoms with E-state index in [1.54, 1.807) is 0 Å². The molecule has 0 amide bonds. The monoisotopic (exact) mass is 678 g/mol. The number of benzene rings is 2. The fourth-order valence-corrected chi connectivity index (χ4v) is 6.46. The van der Waals surface area contributed by atoms with E-state index in [4.69, 9.17) is 28.4 Å². The van der Waals surface area contributed by atoms with Crippen LogP contribution in [0.5, 0.6) is 11.5 Å². The van der Waals surface area contributed by atoms with Crippen LogP contribution < -0.4 is 20.1 Å². The SMILES string of the molecule is CC(Cc1ccc2c(c1)OCO2)NC[C@H](O[C@@H]1O[C@H](CO[C@@H]2O[C@H](CO)[C@@H](O)[C@H](O)[C@H]2O)[C@@H](O)[C@H](O)[C@H]1O)c1ccc2c(c1)CCCN2. The van der Waals surface area contributed by atoms with Gasteiger partial charge in [0.05, 0.1) is 19.3 Å². The van der Waals surface area contributed by atoms with Gasteiger partial charge in [-0.3, -0.25) is 0 Å². The van der Waals surface area contributed by atoms with Crippen molar-refractivity contribution in [1.29, 1.82) is 0 Å². The van der Waals surface area contributed by atoms with Gasteiger partial charge in [0.25, 0.3) is 0 Å². The Morgan fingerprint density at radius 2 is 1.58 bits per heavy atom. The van der Waals surface area contributed by atoms with Gasteiger partial charge in [0.15, 0.2) is 24.1 Å². The summed E-state index contributed by atoms with van der Waals surface area (Å²) in [6.45, 7) is 2.35. The van der Waals surface area contributed by atoms with Crippen molar-refractivity contribution in [2.24, 2.45) is 0 Å². The molecule has 0 aliphatic carbocycles. The van der Waals surface area contributed by atoms with Crippen molar-refractivity contribution in [3.63, 3.8) is 0 Å². The molecule has 0 spiro atoms. The second kappa shape index (κ2) is 15.5. The van der Waals surface area contributed by atoms with Gasteiger partial charge in [-0.1, -0.05) is 18.2 Å². The molecule has 0 radical (unpaired) electrons. The Morgan fingerprint density at radius 1 is 0.854 bits per heavy atom. The Bertz CT molecular complexity index is 1370. The number of aliphatic hydroxyl groups is 7. The molecular weight excluding hydrogens is 632 g/mol. The van der Waals surface area contributed by atoms with Crippen LogP contribution in [0.3, 0.4) is 0 Å². The van der Waals surface area contributed by atoms with Gasteiger partial charge >= 0.3 is 0 Å². The van der Waals surface area contributed by atoms with Crippen LogP contribution in [0.15, 0.2) is 36.4 Å². The summed E-state index contributed by atoms with van der Waals surface area (Å²) < 4.78 is 34.2. The minimum atomic E-state index is -1.67. The molecule has 2 saturated heterocycles. The van der Waals surface area contributed by atoms with Gasteiger partial charge in [-0.05, 0) is 61.1 Å². The van der Waals surface area contributed by atoms with Crippen LogP contribution >= 0.6 is 0 Å². The molecule has 266 valence electrons. The maximum absolute atomic E-state index is 10.9. The van der Waals surface area contributed by atoms with Gasteiger partial charge in [0.2, 0.25) is 6.79 Å². The molecule has 1 unspecified atom stereocenters. The Labute approximate surface area is 277 Å². The second-order valence-corrected chi connectivity index (χ2v) is 12.8. The van der Waals surface area contributed by atoms with E-state index in [9.17, 15) is 35.7 Å². The molecule has 4 aliphatic heterocycles. The summed E-state index contributed by atoms with van der Waals surface area (Å²) in [5.41, 5.74) is 4.06. The minimum absolute atomic E-state index is 0.0000562. The summed E-state index contributed by atoms with van der Waals surface area (Å²) in [5.74, 6) is 1.42. The summed E-state index contributed by atoms with van der Waals surface area (Å²) >= 11 is 0. The number of aliphatic hydroxyl groups excluding tert-OH is 7. The first-order chi connectivity index (χ1) is 23.1. The molecule has 2 aromatic carbocycles. The molecule has 0 aromatic heterocycles. The van der Waals surface area contributed by atoms with Crippen LogP contribution in [0, 0.1) is 0 Å². The van der Waals surface area contributed by atoms with Crippen molar-refractivity contribution in [2.45, 2.75) is 99.7 Å². The third-order valence-electron chi connectivity index (χ3n) is 9.31. The maximum atomic E-state index is 10.9. The van der Waals surface area contributed by atoms with E-state index in [1.807, 2.05) is 37.3 Å². The van der Waals surface area contributed by atoms with Crippen LogP contribution in [0.4, 0.5) is 5.69 Å². The highest BCUT2D eigenvalue weighted by molar-refractivity contribution is 5.54. The maximum Gasteiger partial charge on any atom is 0.231 e. The molecule has 9 N–H and O–H groups in total. The van der Waals surface area contributed by atoms with E-state index in [0.717, 1.165) is 41.8 Å². The van der Waals surface area contributed by atoms with Crippen LogP contribution in [-0.2, 0) is 31.8 Å². The molecule has 15 nitrogen and oxygen atoms in total. The average molecular weight is 679 g/mol. The van der Waals surface area contributed by atoms with Crippen LogP contribution in [0.1, 0.15) is 36.1 Å². The third-order valence-corrected chi connectivity index (χ3v) is 9.31. The number of hydrogen-bond donors (Lipinski definition) is 9. The van der Waals surface area contributed by atoms with E-state index in [-0.39, 0.29) is 12.8 Å². The molecule has 12 atom stereocenters. The molecule has 48 heavy (non-hydrogen) atoms. The van der Waals surface area contributed by atoms with Crippen molar-refractivity contribution in [1.82, 2.24) is 5.32 Å². The van der Waals surface area contributed by atoms with Gasteiger partial charge < -0.3 is 74.8 Å². The zero-order valence-corrected chi connectivity index (χ0v) is 26.6. The molecule has 2 aromatic rings. The first kappa shape index (κ1) is 35.2. The minimum Gasteiger partial charge on any atom is -0.454 e. The predicted octanol–water partition coefficient (Wildman–Crippen LogP) is -1.32. The predicted molar refractivity (Wildman–Crippen MR) is 167 cm³/mol. The summed E-state index contributed by atoms with van der Waals surface area (Å²) in [5, 5.41) is 79.3. The highest BCUT2D eigenvalue weighted by atomic mass is 16.7. The van der Waals surface area contributed by atoms with Crippen molar-refractivity contribution in [3.8, 4) is 11.5 Å². The number of rotatable bonds is 12. The van der Waals surface area contributed by atoms with E-state index in [1.165, 1.54) is 0 Å². The highest BCUT2D eigenvalue weighted by Crippen LogP contribution is 2.34. The summed E-state index contributed by atoms with van der Waals surface area (Å²) in [7, 11) is 0. The lowest BCUT2D eigenvalue weighted by Gasteiger charge is -2.43. The van der Waals surface area contributed by atoms with Gasteiger partial charge in [0.1, 0.15) is 48.8 Å². The molecule has 6 rings (SSSR count). The number of hydrogen-bond acceptors (Lipinski definition) is 15. The molecule has 15 heteroatoms. The Kier molecular flexibility index (Phi) is 11.4. The van der Waals surface area contributed by atoms with Crippen LogP contribution in [0.2, 0.25) is 0 Å². The highest BCUT2D eigenvalue weighted by Gasteiger charge is 2.48. The number of nitrogens with one attached hydrogen (secondary N) is 2. The molecule has 2 fully saturated rings. The zero-order valence-electron chi connectivity index (χ0n) is 26.6. The van der Waals surface area contributed by atoms with Gasteiger partial charge in [-0.15, -0.1) is 0 Å². The van der Waals surface area contributed by atoms with Gasteiger partial charge in [-0.2, -0.15) is 0 Å². The quantitative estimate of drug-likeness (QED) is 0.127. The molecule has 4 heterocycles. The van der Waals surface area contributed by atoms with E-state index >= 15 is 0 Å². The van der Waals surface area contributed by atoms with Gasteiger partial charge in [0, 0.05) is 24.8 Å². The Hall–Kier alpha value is -2.64. The van der Waals surface area contributed by atoms with Crippen molar-refractivity contribution in [2.75, 3.05) is 38.4 Å². The lowest BCUT2D eigenvalue weighted by atomic mass is 9.97. The fraction of sp³-hybridized carbons (Fsp3) is 0.636. The van der Waals surface area contributed by atoms with E-state index < -0.39 is 80.7 Å². The largest absolute Gasteiger partial charge is 0.454 e. The Morgan fingerprint density at radius 3 is 2.38 bits per heavy atom. The van der Waals surface area contributed by atoms with Crippen LogP contribution in [0.25, 0.3) is 0 Å². The molecule has 0 bridgehead atoms. The normalized spacial score (nSPS) is 34.2. The van der Waals surface area contributed by atoms with E-state index in [2.05, 4.69) is 16.7 Å². The van der Waals surface area contributed by atoms with Crippen molar-refractivity contribution < 1.29 is 64.2 Å². The fourth-order valence-electron chi connectivity index (χ4n) is 6.46. The van der Waals surface area contributed by atoms with Crippen molar-refractivity contribution >= 4 is 5.69 Å². The molecular formula is C33H46N2O13. The topological polar surface area (TPSA) is 221 Å². The summed E-state index contributed by atoms with van der Waals surface area (Å²) in [6, 6.07) is 11.8. The number of aryl methyl sites for hydroxylation is 1. The molecule has 0 saturated carbocycles. The first-order valence-corrected chi connectivity index (χ1v) is 16.4. The number of ether oxygens (including phenoxy) is 6. The van der Waals surface area contributed by atoms with E-state index in [0.29, 0.717) is 24.5 Å². The lowest BCUT2D eigenvalue weighted by molar-refractivity contribution is -0.336. The third kappa shape index (κ3) is 7.72.